The Labute approximate surface area is 116 Å². The zero-order valence-corrected chi connectivity index (χ0v) is 12.1. The van der Waals surface area contributed by atoms with Gasteiger partial charge in [-0.1, -0.05) is 21.8 Å². The van der Waals surface area contributed by atoms with E-state index in [0.717, 1.165) is 5.56 Å². The number of nitrogens with zero attached hydrogens (tertiary/aromatic N) is 2. The second-order valence-corrected chi connectivity index (χ2v) is 8.04. The van der Waals surface area contributed by atoms with Crippen molar-refractivity contribution in [2.24, 2.45) is 0 Å². The van der Waals surface area contributed by atoms with Gasteiger partial charge >= 0.3 is 14.7 Å². The maximum atomic E-state index is 12.4. The van der Waals surface area contributed by atoms with Gasteiger partial charge in [-0.3, -0.25) is 0 Å². The van der Waals surface area contributed by atoms with E-state index in [9.17, 15) is 8.78 Å². The lowest BCUT2D eigenvalue weighted by Gasteiger charge is -1.94. The molecule has 2 aromatic rings. The summed E-state index contributed by atoms with van der Waals surface area (Å²) < 4.78 is 25.3. The van der Waals surface area contributed by atoms with Crippen molar-refractivity contribution in [2.75, 3.05) is 0 Å². The van der Waals surface area contributed by atoms with E-state index >= 15 is 0 Å². The van der Waals surface area contributed by atoms with Gasteiger partial charge in [-0.05, 0) is 24.3 Å². The molecule has 8 heteroatoms. The third-order valence-electron chi connectivity index (χ3n) is 1.81. The molecular formula is C9H5BrClF2N2S2+. The molecule has 0 spiro atoms. The Morgan fingerprint density at radius 1 is 1.24 bits per heavy atom. The van der Waals surface area contributed by atoms with Gasteiger partial charge in [-0.15, -0.1) is 0 Å². The highest BCUT2D eigenvalue weighted by molar-refractivity contribution is 9.11. The maximum absolute atomic E-state index is 12.4. The fourth-order valence-corrected chi connectivity index (χ4v) is 5.00. The summed E-state index contributed by atoms with van der Waals surface area (Å²) in [5.74, 6) is -2.46. The number of hydrogen-bond acceptors (Lipinski definition) is 3. The first-order chi connectivity index (χ1) is 8.08. The van der Waals surface area contributed by atoms with Gasteiger partial charge in [-0.2, -0.15) is 8.78 Å². The van der Waals surface area contributed by atoms with Crippen molar-refractivity contribution >= 4 is 47.8 Å². The summed E-state index contributed by atoms with van der Waals surface area (Å²) in [4.78, 5) is 0. The van der Waals surface area contributed by atoms with Gasteiger partial charge in [0.2, 0.25) is 0 Å². The van der Waals surface area contributed by atoms with Gasteiger partial charge in [0.05, 0.1) is 5.56 Å². The molecule has 1 aromatic carbocycles. The smallest absolute Gasteiger partial charge is 0.192 e. The minimum atomic E-state index is -2.46. The molecule has 1 atom stereocenters. The molecule has 17 heavy (non-hydrogen) atoms. The summed E-state index contributed by atoms with van der Waals surface area (Å²) in [5.41, 5.74) is 0.754. The molecule has 0 saturated carbocycles. The maximum Gasteiger partial charge on any atom is 0.343 e. The molecule has 1 unspecified atom stereocenters. The van der Waals surface area contributed by atoms with Crippen molar-refractivity contribution in [3.63, 3.8) is 0 Å². The van der Waals surface area contributed by atoms with E-state index in [1.54, 1.807) is 24.3 Å². The molecule has 0 radical (unpaired) electrons. The molecule has 0 aliphatic carbocycles. The van der Waals surface area contributed by atoms with Gasteiger partial charge in [0, 0.05) is 21.0 Å². The Bertz CT molecular complexity index is 518. The molecule has 90 valence electrons. The van der Waals surface area contributed by atoms with Crippen molar-refractivity contribution in [3.05, 3.63) is 33.2 Å². The average Bonchev–Trinajstić information content (AvgIpc) is 2.61. The van der Waals surface area contributed by atoms with E-state index in [1.807, 2.05) is 0 Å². The van der Waals surface area contributed by atoms with Gasteiger partial charge in [0.15, 0.2) is 10.8 Å². The number of aromatic nitrogens is 2. The van der Waals surface area contributed by atoms with E-state index in [2.05, 4.69) is 26.1 Å². The molecule has 2 rings (SSSR count). The fraction of sp³-hybridized carbons (Fsp3) is 0.111. The monoisotopic (exact) mass is 357 g/mol. The summed E-state index contributed by atoms with van der Waals surface area (Å²) in [6.07, 6.45) is 0. The van der Waals surface area contributed by atoms with E-state index in [1.165, 1.54) is 0 Å². The third-order valence-corrected chi connectivity index (χ3v) is 7.19. The molecule has 0 N–H and O–H groups in total. The van der Waals surface area contributed by atoms with E-state index in [0.29, 0.717) is 24.7 Å². The Balaban J connectivity index is 2.41. The van der Waals surface area contributed by atoms with Crippen LogP contribution in [0.3, 0.4) is 0 Å². The van der Waals surface area contributed by atoms with Crippen molar-refractivity contribution < 1.29 is 8.78 Å². The Morgan fingerprint density at radius 2 is 1.88 bits per heavy atom. The molecule has 0 aliphatic heterocycles. The second kappa shape index (κ2) is 5.60. The summed E-state index contributed by atoms with van der Waals surface area (Å²) in [6.45, 7) is 0. The van der Waals surface area contributed by atoms with E-state index in [4.69, 9.17) is 11.6 Å². The Morgan fingerprint density at radius 3 is 2.47 bits per heavy atom. The lowest BCUT2D eigenvalue weighted by Crippen LogP contribution is -1.79. The molecule has 1 heterocycles. The minimum absolute atomic E-state index is 0.438. The number of alkyl halides is 2. The standard InChI is InChI=1S/C9H5BrClF2N2S2/c10-8-15-14-7(17(8)16-9(12)13)5-1-3-6(11)4-2-5/h1-4,9H/q+1. The first-order valence-electron chi connectivity index (χ1n) is 4.34. The number of hydrogen-bond donors (Lipinski definition) is 0. The largest absolute Gasteiger partial charge is 0.343 e. The van der Waals surface area contributed by atoms with E-state index < -0.39 is 15.3 Å². The lowest BCUT2D eigenvalue weighted by atomic mass is 10.2. The van der Waals surface area contributed by atoms with Crippen LogP contribution in [0.4, 0.5) is 8.78 Å². The van der Waals surface area contributed by atoms with Crippen LogP contribution in [-0.4, -0.2) is 16.0 Å². The highest BCUT2D eigenvalue weighted by atomic mass is 79.9. The summed E-state index contributed by atoms with van der Waals surface area (Å²) in [6, 6.07) is 6.88. The van der Waals surface area contributed by atoms with Crippen LogP contribution in [0.25, 0.3) is 10.6 Å². The molecule has 0 amide bonds. The van der Waals surface area contributed by atoms with Crippen molar-refractivity contribution in [2.45, 2.75) is 5.76 Å². The van der Waals surface area contributed by atoms with Gasteiger partial charge in [0.1, 0.15) is 9.50 Å². The quantitative estimate of drug-likeness (QED) is 0.568. The lowest BCUT2D eigenvalue weighted by molar-refractivity contribution is 0.254. The molecule has 0 aliphatic rings. The van der Waals surface area contributed by atoms with Crippen LogP contribution in [0, 0.1) is 0 Å². The van der Waals surface area contributed by atoms with Crippen LogP contribution < -0.4 is 0 Å². The van der Waals surface area contributed by atoms with Gasteiger partial charge in [-0.25, -0.2) is 0 Å². The average molecular weight is 359 g/mol. The van der Waals surface area contributed by atoms with Crippen molar-refractivity contribution in [3.8, 4) is 10.6 Å². The number of halogens is 4. The third kappa shape index (κ3) is 3.15. The van der Waals surface area contributed by atoms with Crippen LogP contribution in [0.5, 0.6) is 0 Å². The molecule has 0 bridgehead atoms. The summed E-state index contributed by atoms with van der Waals surface area (Å²) in [5, 5.41) is 8.85. The second-order valence-electron chi connectivity index (χ2n) is 2.89. The molecule has 2 nitrogen and oxygen atoms in total. The first kappa shape index (κ1) is 13.2. The molecule has 1 aromatic heterocycles. The number of rotatable bonds is 3. The zero-order chi connectivity index (χ0) is 12.4. The topological polar surface area (TPSA) is 25.8 Å². The van der Waals surface area contributed by atoms with Crippen LogP contribution in [-0.2, 0) is 0 Å². The van der Waals surface area contributed by atoms with Crippen molar-refractivity contribution in [1.29, 1.82) is 0 Å². The molecule has 0 fully saturated rings. The predicted octanol–water partition coefficient (Wildman–Crippen LogP) is 5.03. The van der Waals surface area contributed by atoms with Crippen molar-refractivity contribution in [1.82, 2.24) is 10.2 Å². The highest BCUT2D eigenvalue weighted by Gasteiger charge is 2.30. The Hall–Kier alpha value is -0.240. The van der Waals surface area contributed by atoms with Crippen LogP contribution in [0.15, 0.2) is 28.2 Å². The predicted molar refractivity (Wildman–Crippen MR) is 71.7 cm³/mol. The minimum Gasteiger partial charge on any atom is -0.192 e. The van der Waals surface area contributed by atoms with Crippen LogP contribution in [0.2, 0.25) is 5.02 Å². The summed E-state index contributed by atoms with van der Waals surface area (Å²) >= 11 is 8.92. The summed E-state index contributed by atoms with van der Waals surface area (Å²) in [7, 11) is -0.327. The van der Waals surface area contributed by atoms with Gasteiger partial charge in [0.25, 0.3) is 0 Å². The normalized spacial score (nSPS) is 12.2. The highest BCUT2D eigenvalue weighted by Crippen LogP contribution is 2.49. The molecular weight excluding hydrogens is 354 g/mol. The van der Waals surface area contributed by atoms with Crippen LogP contribution in [0.1, 0.15) is 0 Å². The number of benzene rings is 1. The SMILES string of the molecule is FC(F)S[s+]1c(Br)nnc1-c1ccc(Cl)cc1. The first-order valence-corrected chi connectivity index (χ1v) is 8.14. The fourth-order valence-electron chi connectivity index (χ4n) is 1.15. The van der Waals surface area contributed by atoms with Gasteiger partial charge < -0.3 is 0 Å². The molecule has 0 saturated heterocycles. The Kier molecular flexibility index (Phi) is 4.35. The zero-order valence-electron chi connectivity index (χ0n) is 8.11. The van der Waals surface area contributed by atoms with Crippen LogP contribution >= 0.6 is 47.8 Å². The van der Waals surface area contributed by atoms with E-state index in [-0.39, 0.29) is 0 Å².